The fraction of sp³-hybridized carbons (Fsp3) is 0.280. The maximum Gasteiger partial charge on any atom is 0.435 e. The van der Waals surface area contributed by atoms with Crippen molar-refractivity contribution in [2.24, 2.45) is 0 Å². The maximum atomic E-state index is 14.0. The van der Waals surface area contributed by atoms with E-state index in [1.807, 2.05) is 18.2 Å². The van der Waals surface area contributed by atoms with Crippen LogP contribution < -0.4 is 4.90 Å². The standard InChI is InChI=1S/C25H23ClF3N5/c1-17-15-21(33-13-11-32(12-14-33)16-18-5-3-2-4-6-18)34-24(30-17)22(23(31-34)25(27,28)29)19-7-9-20(26)10-8-19/h2-10,15H,11-14,16H2,1H3. The van der Waals surface area contributed by atoms with Crippen LogP contribution >= 0.6 is 11.6 Å². The van der Waals surface area contributed by atoms with Crippen molar-refractivity contribution in [3.05, 3.63) is 82.6 Å². The number of halogens is 4. The molecule has 176 valence electrons. The van der Waals surface area contributed by atoms with Crippen molar-refractivity contribution in [1.29, 1.82) is 0 Å². The van der Waals surface area contributed by atoms with Crippen LogP contribution in [0, 0.1) is 6.92 Å². The van der Waals surface area contributed by atoms with E-state index in [-0.39, 0.29) is 11.2 Å². The second-order valence-corrected chi connectivity index (χ2v) is 8.90. The SMILES string of the molecule is Cc1cc(N2CCN(Cc3ccccc3)CC2)n2nc(C(F)(F)F)c(-c3ccc(Cl)cc3)c2n1. The van der Waals surface area contributed by atoms with Gasteiger partial charge in [0.05, 0.1) is 5.56 Å². The summed E-state index contributed by atoms with van der Waals surface area (Å²) in [6.07, 6.45) is -4.62. The summed E-state index contributed by atoms with van der Waals surface area (Å²) in [7, 11) is 0. The zero-order valence-electron chi connectivity index (χ0n) is 18.6. The Morgan fingerprint density at radius 1 is 0.941 bits per heavy atom. The number of aromatic nitrogens is 3. The van der Waals surface area contributed by atoms with Gasteiger partial charge in [0.25, 0.3) is 0 Å². The Bertz CT molecular complexity index is 1290. The number of fused-ring (bicyclic) bond motifs is 1. The predicted octanol–water partition coefficient (Wildman–Crippen LogP) is 5.70. The van der Waals surface area contributed by atoms with Crippen LogP contribution in [0.3, 0.4) is 0 Å². The van der Waals surface area contributed by atoms with E-state index in [9.17, 15) is 13.2 Å². The van der Waals surface area contributed by atoms with Crippen molar-refractivity contribution in [2.45, 2.75) is 19.6 Å². The highest BCUT2D eigenvalue weighted by atomic mass is 35.5. The van der Waals surface area contributed by atoms with E-state index in [2.05, 4.69) is 32.0 Å². The minimum atomic E-state index is -4.62. The number of rotatable bonds is 4. The van der Waals surface area contributed by atoms with Crippen LogP contribution in [0.15, 0.2) is 60.7 Å². The lowest BCUT2D eigenvalue weighted by Gasteiger charge is -2.36. The molecule has 0 unspecified atom stereocenters. The zero-order chi connectivity index (χ0) is 23.9. The first-order chi connectivity index (χ1) is 16.3. The Balaban J connectivity index is 1.51. The van der Waals surface area contributed by atoms with Crippen molar-refractivity contribution < 1.29 is 13.2 Å². The van der Waals surface area contributed by atoms with Gasteiger partial charge in [-0.25, -0.2) is 4.98 Å². The van der Waals surface area contributed by atoms with Gasteiger partial charge in [-0.3, -0.25) is 4.90 Å². The van der Waals surface area contributed by atoms with Gasteiger partial charge in [-0.2, -0.15) is 22.8 Å². The van der Waals surface area contributed by atoms with Gasteiger partial charge in [0, 0.05) is 49.5 Å². The van der Waals surface area contributed by atoms with Crippen LogP contribution in [-0.2, 0) is 12.7 Å². The summed E-state index contributed by atoms with van der Waals surface area (Å²) in [6.45, 7) is 5.61. The molecule has 0 radical (unpaired) electrons. The molecule has 0 N–H and O–H groups in total. The quantitative estimate of drug-likeness (QED) is 0.371. The van der Waals surface area contributed by atoms with E-state index < -0.39 is 11.9 Å². The van der Waals surface area contributed by atoms with E-state index in [0.717, 1.165) is 19.6 Å². The highest BCUT2D eigenvalue weighted by molar-refractivity contribution is 6.30. The van der Waals surface area contributed by atoms with E-state index >= 15 is 0 Å². The molecule has 1 fully saturated rings. The Labute approximate surface area is 200 Å². The summed E-state index contributed by atoms with van der Waals surface area (Å²) in [5.74, 6) is 0.618. The zero-order valence-corrected chi connectivity index (χ0v) is 19.3. The molecule has 0 amide bonds. The van der Waals surface area contributed by atoms with Gasteiger partial charge < -0.3 is 4.90 Å². The molecule has 1 aliphatic rings. The molecule has 2 aromatic carbocycles. The molecule has 4 aromatic rings. The number of hydrogen-bond donors (Lipinski definition) is 0. The summed E-state index contributed by atoms with van der Waals surface area (Å²) in [5.41, 5.74) is 1.47. The van der Waals surface area contributed by atoms with Crippen LogP contribution in [0.4, 0.5) is 19.0 Å². The summed E-state index contributed by atoms with van der Waals surface area (Å²) in [4.78, 5) is 8.90. The number of alkyl halides is 3. The van der Waals surface area contributed by atoms with Crippen molar-refractivity contribution in [2.75, 3.05) is 31.1 Å². The van der Waals surface area contributed by atoms with Gasteiger partial charge in [-0.15, -0.1) is 0 Å². The summed E-state index contributed by atoms with van der Waals surface area (Å²) < 4.78 is 43.4. The highest BCUT2D eigenvalue weighted by Gasteiger charge is 2.39. The summed E-state index contributed by atoms with van der Waals surface area (Å²) in [5, 5.41) is 4.48. The van der Waals surface area contributed by atoms with Gasteiger partial charge in [0.1, 0.15) is 5.82 Å². The maximum absolute atomic E-state index is 14.0. The Morgan fingerprint density at radius 2 is 1.62 bits per heavy atom. The molecule has 9 heteroatoms. The molecule has 34 heavy (non-hydrogen) atoms. The minimum Gasteiger partial charge on any atom is -0.354 e. The van der Waals surface area contributed by atoms with Crippen LogP contribution in [0.25, 0.3) is 16.8 Å². The molecule has 1 aliphatic heterocycles. The molecule has 5 nitrogen and oxygen atoms in total. The van der Waals surface area contributed by atoms with Crippen LogP contribution in [-0.4, -0.2) is 45.7 Å². The van der Waals surface area contributed by atoms with Gasteiger partial charge in [-0.1, -0.05) is 54.1 Å². The average molecular weight is 486 g/mol. The van der Waals surface area contributed by atoms with E-state index in [1.165, 1.54) is 10.1 Å². The summed E-state index contributed by atoms with van der Waals surface area (Å²) in [6, 6.07) is 18.3. The van der Waals surface area contributed by atoms with E-state index in [0.29, 0.717) is 35.2 Å². The normalized spacial score (nSPS) is 15.3. The molecule has 0 atom stereocenters. The third kappa shape index (κ3) is 4.48. The average Bonchev–Trinajstić information content (AvgIpc) is 3.20. The third-order valence-electron chi connectivity index (χ3n) is 6.04. The molecule has 0 aliphatic carbocycles. The largest absolute Gasteiger partial charge is 0.435 e. The lowest BCUT2D eigenvalue weighted by Crippen LogP contribution is -2.46. The third-order valence-corrected chi connectivity index (χ3v) is 6.30. The second kappa shape index (κ2) is 8.92. The number of hydrogen-bond acceptors (Lipinski definition) is 4. The molecule has 3 heterocycles. The monoisotopic (exact) mass is 485 g/mol. The van der Waals surface area contributed by atoms with Gasteiger partial charge in [-0.05, 0) is 30.2 Å². The lowest BCUT2D eigenvalue weighted by atomic mass is 10.1. The summed E-state index contributed by atoms with van der Waals surface area (Å²) >= 11 is 5.97. The van der Waals surface area contributed by atoms with Crippen molar-refractivity contribution in [3.8, 4) is 11.1 Å². The first-order valence-electron chi connectivity index (χ1n) is 11.0. The van der Waals surface area contributed by atoms with Gasteiger partial charge in [0.15, 0.2) is 11.3 Å². The van der Waals surface area contributed by atoms with Crippen LogP contribution in [0.2, 0.25) is 5.02 Å². The number of anilines is 1. The fourth-order valence-electron chi connectivity index (χ4n) is 4.40. The van der Waals surface area contributed by atoms with E-state index in [4.69, 9.17) is 11.6 Å². The number of aryl methyl sites for hydroxylation is 1. The van der Waals surface area contributed by atoms with Crippen LogP contribution in [0.5, 0.6) is 0 Å². The van der Waals surface area contributed by atoms with Crippen molar-refractivity contribution in [1.82, 2.24) is 19.5 Å². The molecule has 0 saturated carbocycles. The first-order valence-corrected chi connectivity index (χ1v) is 11.4. The van der Waals surface area contributed by atoms with Crippen LogP contribution in [0.1, 0.15) is 17.0 Å². The van der Waals surface area contributed by atoms with Crippen molar-refractivity contribution >= 4 is 23.1 Å². The molecule has 5 rings (SSSR count). The molecule has 0 bridgehead atoms. The lowest BCUT2D eigenvalue weighted by molar-refractivity contribution is -0.140. The van der Waals surface area contributed by atoms with E-state index in [1.54, 1.807) is 37.3 Å². The topological polar surface area (TPSA) is 36.7 Å². The Morgan fingerprint density at radius 3 is 2.26 bits per heavy atom. The number of benzene rings is 2. The molecular formula is C25H23ClF3N5. The molecular weight excluding hydrogens is 463 g/mol. The van der Waals surface area contributed by atoms with Gasteiger partial charge >= 0.3 is 6.18 Å². The van der Waals surface area contributed by atoms with Gasteiger partial charge in [0.2, 0.25) is 0 Å². The Hall–Kier alpha value is -3.10. The predicted molar refractivity (Wildman–Crippen MR) is 127 cm³/mol. The Kier molecular flexibility index (Phi) is 5.95. The second-order valence-electron chi connectivity index (χ2n) is 8.47. The molecule has 2 aromatic heterocycles. The molecule has 1 saturated heterocycles. The highest BCUT2D eigenvalue weighted by Crippen LogP contribution is 2.40. The molecule has 0 spiro atoms. The number of nitrogens with zero attached hydrogens (tertiary/aromatic N) is 5. The fourth-order valence-corrected chi connectivity index (χ4v) is 4.53. The van der Waals surface area contributed by atoms with Crippen molar-refractivity contribution in [3.63, 3.8) is 0 Å². The first kappa shape index (κ1) is 22.7. The smallest absolute Gasteiger partial charge is 0.354 e. The minimum absolute atomic E-state index is 0.0307. The number of piperazine rings is 1.